The fraction of sp³-hybridized carbons (Fsp3) is 0.682. The van der Waals surface area contributed by atoms with Crippen LogP contribution in [-0.4, -0.2) is 58.3 Å². The smallest absolute Gasteiger partial charge is 0.190 e. The molecule has 0 radical (unpaired) electrons. The van der Waals surface area contributed by atoms with E-state index in [1.807, 2.05) is 7.05 Å². The van der Waals surface area contributed by atoms with Crippen molar-refractivity contribution in [1.29, 1.82) is 0 Å². The largest absolute Gasteiger partial charge is 0.385 e. The lowest BCUT2D eigenvalue weighted by atomic mass is 9.83. The summed E-state index contributed by atoms with van der Waals surface area (Å²) in [6, 6.07) is 10.6. The number of guanidine groups is 1. The maximum atomic E-state index is 5.33. The highest BCUT2D eigenvalue weighted by atomic mass is 127. The molecule has 0 aliphatic heterocycles. The Morgan fingerprint density at radius 1 is 1.18 bits per heavy atom. The van der Waals surface area contributed by atoms with Crippen LogP contribution in [0.4, 0.5) is 0 Å². The van der Waals surface area contributed by atoms with Crippen LogP contribution in [0.15, 0.2) is 35.3 Å². The molecular weight excluding hydrogens is 463 g/mol. The van der Waals surface area contributed by atoms with E-state index < -0.39 is 0 Å². The summed E-state index contributed by atoms with van der Waals surface area (Å²) in [6.07, 6.45) is 7.50. The van der Waals surface area contributed by atoms with Gasteiger partial charge >= 0.3 is 0 Å². The number of hydrogen-bond acceptors (Lipinski definition) is 3. The van der Waals surface area contributed by atoms with E-state index in [0.717, 1.165) is 51.6 Å². The van der Waals surface area contributed by atoms with Crippen molar-refractivity contribution in [3.05, 3.63) is 35.9 Å². The Hall–Kier alpha value is -0.860. The number of methoxy groups -OCH3 is 1. The zero-order valence-electron chi connectivity index (χ0n) is 17.9. The van der Waals surface area contributed by atoms with Gasteiger partial charge in [-0.3, -0.25) is 4.99 Å². The zero-order chi connectivity index (χ0) is 19.4. The Bertz CT molecular complexity index is 547. The molecule has 1 aromatic rings. The van der Waals surface area contributed by atoms with Gasteiger partial charge in [0, 0.05) is 40.4 Å². The normalized spacial score (nSPS) is 16.1. The number of nitrogens with one attached hydrogen (secondary N) is 2. The fourth-order valence-corrected chi connectivity index (χ4v) is 3.98. The van der Waals surface area contributed by atoms with Gasteiger partial charge in [0.25, 0.3) is 0 Å². The molecule has 0 heterocycles. The van der Waals surface area contributed by atoms with Gasteiger partial charge in [0.1, 0.15) is 0 Å². The molecule has 2 N–H and O–H groups in total. The van der Waals surface area contributed by atoms with Gasteiger partial charge in [-0.2, -0.15) is 0 Å². The first kappa shape index (κ1) is 25.2. The molecule has 1 fully saturated rings. The molecule has 5 nitrogen and oxygen atoms in total. The van der Waals surface area contributed by atoms with Gasteiger partial charge < -0.3 is 20.3 Å². The van der Waals surface area contributed by atoms with Gasteiger partial charge in [-0.15, -0.1) is 24.0 Å². The molecule has 6 heteroatoms. The van der Waals surface area contributed by atoms with Crippen molar-refractivity contribution in [2.24, 2.45) is 10.4 Å². The molecule has 0 atom stereocenters. The van der Waals surface area contributed by atoms with Crippen LogP contribution in [0.3, 0.4) is 0 Å². The Morgan fingerprint density at radius 3 is 2.54 bits per heavy atom. The number of nitrogens with zero attached hydrogens (tertiary/aromatic N) is 2. The lowest BCUT2D eigenvalue weighted by Crippen LogP contribution is -2.44. The van der Waals surface area contributed by atoms with Gasteiger partial charge in [0.2, 0.25) is 0 Å². The highest BCUT2D eigenvalue weighted by molar-refractivity contribution is 14.0. The number of benzene rings is 1. The van der Waals surface area contributed by atoms with Gasteiger partial charge in [-0.05, 0) is 50.3 Å². The second-order valence-electron chi connectivity index (χ2n) is 7.88. The van der Waals surface area contributed by atoms with Gasteiger partial charge in [0.15, 0.2) is 5.96 Å². The Labute approximate surface area is 188 Å². The van der Waals surface area contributed by atoms with E-state index in [4.69, 9.17) is 4.74 Å². The van der Waals surface area contributed by atoms with Gasteiger partial charge in [-0.1, -0.05) is 43.2 Å². The first-order valence-electron chi connectivity index (χ1n) is 10.3. The number of hydrogen-bond donors (Lipinski definition) is 2. The zero-order valence-corrected chi connectivity index (χ0v) is 20.2. The molecule has 0 aromatic heterocycles. The van der Waals surface area contributed by atoms with Crippen LogP contribution in [0.5, 0.6) is 0 Å². The molecule has 1 aliphatic rings. The lowest BCUT2D eigenvalue weighted by Gasteiger charge is -2.30. The summed E-state index contributed by atoms with van der Waals surface area (Å²) in [7, 11) is 5.83. The predicted molar refractivity (Wildman–Crippen MR) is 130 cm³/mol. The molecule has 28 heavy (non-hydrogen) atoms. The van der Waals surface area contributed by atoms with E-state index in [-0.39, 0.29) is 24.0 Å². The van der Waals surface area contributed by atoms with Crippen LogP contribution in [0.1, 0.15) is 44.1 Å². The van der Waals surface area contributed by atoms with E-state index in [1.54, 1.807) is 7.11 Å². The van der Waals surface area contributed by atoms with E-state index in [0.29, 0.717) is 5.41 Å². The van der Waals surface area contributed by atoms with Gasteiger partial charge in [0.05, 0.1) is 0 Å². The fourth-order valence-electron chi connectivity index (χ4n) is 3.98. The third-order valence-corrected chi connectivity index (χ3v) is 5.66. The molecule has 2 rings (SSSR count). The third-order valence-electron chi connectivity index (χ3n) is 5.66. The summed E-state index contributed by atoms with van der Waals surface area (Å²) >= 11 is 0. The molecule has 0 amide bonds. The van der Waals surface area contributed by atoms with Crippen LogP contribution in [0.25, 0.3) is 0 Å². The molecule has 1 saturated carbocycles. The van der Waals surface area contributed by atoms with E-state index >= 15 is 0 Å². The number of aliphatic imine (C=N–C) groups is 1. The molecule has 0 unspecified atom stereocenters. The molecule has 1 aromatic carbocycles. The minimum absolute atomic E-state index is 0. The minimum Gasteiger partial charge on any atom is -0.385 e. The number of ether oxygens (including phenoxy) is 1. The summed E-state index contributed by atoms with van der Waals surface area (Å²) in [5, 5.41) is 7.03. The molecule has 0 spiro atoms. The second-order valence-corrected chi connectivity index (χ2v) is 7.88. The molecule has 1 aliphatic carbocycles. The quantitative estimate of drug-likeness (QED) is 0.209. The summed E-state index contributed by atoms with van der Waals surface area (Å²) in [4.78, 5) is 6.76. The summed E-state index contributed by atoms with van der Waals surface area (Å²) in [5.74, 6) is 0.921. The first-order chi connectivity index (χ1) is 13.2. The first-order valence-corrected chi connectivity index (χ1v) is 10.3. The third kappa shape index (κ3) is 9.09. The lowest BCUT2D eigenvalue weighted by molar-refractivity contribution is 0.138. The minimum atomic E-state index is 0. The van der Waals surface area contributed by atoms with Crippen LogP contribution in [0, 0.1) is 5.41 Å². The molecule has 0 saturated heterocycles. The van der Waals surface area contributed by atoms with Crippen molar-refractivity contribution >= 4 is 29.9 Å². The Balaban J connectivity index is 0.00000392. The monoisotopic (exact) mass is 502 g/mol. The van der Waals surface area contributed by atoms with Crippen molar-refractivity contribution in [2.45, 2.75) is 45.1 Å². The van der Waals surface area contributed by atoms with E-state index in [9.17, 15) is 0 Å². The predicted octanol–water partition coefficient (Wildman–Crippen LogP) is 3.89. The van der Waals surface area contributed by atoms with Crippen LogP contribution in [-0.2, 0) is 11.3 Å². The maximum Gasteiger partial charge on any atom is 0.190 e. The van der Waals surface area contributed by atoms with Crippen molar-refractivity contribution in [1.82, 2.24) is 15.5 Å². The summed E-state index contributed by atoms with van der Waals surface area (Å²) in [5.41, 5.74) is 1.74. The second kappa shape index (κ2) is 14.2. The highest BCUT2D eigenvalue weighted by Gasteiger charge is 2.33. The molecule has 160 valence electrons. The summed E-state index contributed by atoms with van der Waals surface area (Å²) in [6.45, 7) is 4.84. The van der Waals surface area contributed by atoms with Crippen molar-refractivity contribution in [3.8, 4) is 0 Å². The standard InChI is InChI=1S/C22H38N4O.HI/c1-23-21(25-19-22(14-17-27-3)12-7-8-13-22)24-15-9-16-26(2)18-20-10-5-4-6-11-20;/h4-6,10-11H,7-9,12-19H2,1-3H3,(H2,23,24,25);1H. The van der Waals surface area contributed by atoms with Crippen LogP contribution < -0.4 is 10.6 Å². The van der Waals surface area contributed by atoms with Crippen LogP contribution >= 0.6 is 24.0 Å². The average molecular weight is 502 g/mol. The molecule has 0 bridgehead atoms. The maximum absolute atomic E-state index is 5.33. The average Bonchev–Trinajstić information content (AvgIpc) is 3.16. The van der Waals surface area contributed by atoms with E-state index in [1.165, 1.54) is 31.2 Å². The summed E-state index contributed by atoms with van der Waals surface area (Å²) < 4.78 is 5.33. The van der Waals surface area contributed by atoms with Crippen LogP contribution in [0.2, 0.25) is 0 Å². The number of rotatable bonds is 11. The Morgan fingerprint density at radius 2 is 1.89 bits per heavy atom. The van der Waals surface area contributed by atoms with Crippen molar-refractivity contribution in [3.63, 3.8) is 0 Å². The SMILES string of the molecule is CN=C(NCCCN(C)Cc1ccccc1)NCC1(CCOC)CCCC1.I. The topological polar surface area (TPSA) is 48.9 Å². The van der Waals surface area contributed by atoms with Gasteiger partial charge in [-0.25, -0.2) is 0 Å². The highest BCUT2D eigenvalue weighted by Crippen LogP contribution is 2.40. The van der Waals surface area contributed by atoms with Crippen molar-refractivity contribution in [2.75, 3.05) is 47.4 Å². The molecular formula is C22H39IN4O. The Kier molecular flexibility index (Phi) is 12.7. The number of halogens is 1. The van der Waals surface area contributed by atoms with E-state index in [2.05, 4.69) is 57.9 Å². The van der Waals surface area contributed by atoms with Crippen molar-refractivity contribution < 1.29 is 4.74 Å².